The summed E-state index contributed by atoms with van der Waals surface area (Å²) in [6, 6.07) is 13.0. The number of β-amino-alcohol motifs (C(OH)–C–C–N with tert-alkyl or cyclic N) is 1. The zero-order chi connectivity index (χ0) is 20.1. The van der Waals surface area contributed by atoms with Crippen LogP contribution in [-0.4, -0.2) is 52.0 Å². The fourth-order valence-corrected chi connectivity index (χ4v) is 3.46. The number of hydrogen-bond donors (Lipinski definition) is 2. The van der Waals surface area contributed by atoms with Gasteiger partial charge in [0.05, 0.1) is 6.10 Å². The van der Waals surface area contributed by atoms with Crippen molar-refractivity contribution in [2.24, 2.45) is 5.92 Å². The Kier molecular flexibility index (Phi) is 6.34. The van der Waals surface area contributed by atoms with E-state index in [1.807, 2.05) is 42.2 Å². The van der Waals surface area contributed by atoms with Crippen LogP contribution in [-0.2, 0) is 11.2 Å². The first-order valence-electron chi connectivity index (χ1n) is 9.38. The lowest BCUT2D eigenvalue weighted by atomic mass is 9.94. The van der Waals surface area contributed by atoms with Crippen LogP contribution in [0.15, 0.2) is 36.4 Å². The highest BCUT2D eigenvalue weighted by Crippen LogP contribution is 2.25. The smallest absolute Gasteiger partial charge is 0.163 e. The van der Waals surface area contributed by atoms with Gasteiger partial charge in [0.2, 0.25) is 0 Å². The first-order valence-corrected chi connectivity index (χ1v) is 9.38. The molecule has 1 fully saturated rings. The van der Waals surface area contributed by atoms with Crippen LogP contribution in [0.4, 0.5) is 5.82 Å². The van der Waals surface area contributed by atoms with Crippen LogP contribution in [0.5, 0.6) is 0 Å². The van der Waals surface area contributed by atoms with E-state index >= 15 is 0 Å². The van der Waals surface area contributed by atoms with Crippen LogP contribution in [0.3, 0.4) is 0 Å². The largest absolute Gasteiger partial charge is 0.396 e. The van der Waals surface area contributed by atoms with Gasteiger partial charge >= 0.3 is 0 Å². The summed E-state index contributed by atoms with van der Waals surface area (Å²) in [5, 5.41) is 36.2. The van der Waals surface area contributed by atoms with Crippen molar-refractivity contribution >= 4 is 11.6 Å². The van der Waals surface area contributed by atoms with Crippen LogP contribution >= 0.6 is 0 Å². The van der Waals surface area contributed by atoms with Gasteiger partial charge in [-0.15, -0.1) is 10.2 Å². The predicted octanol–water partition coefficient (Wildman–Crippen LogP) is 1.44. The molecular formula is C21H24N4O3. The summed E-state index contributed by atoms with van der Waals surface area (Å²) in [7, 11) is 0. The maximum Gasteiger partial charge on any atom is 0.163 e. The maximum atomic E-state index is 12.5. The highest BCUT2D eigenvalue weighted by Gasteiger charge is 2.33. The van der Waals surface area contributed by atoms with Gasteiger partial charge in [-0.2, -0.15) is 5.26 Å². The minimum atomic E-state index is -0.603. The maximum absolute atomic E-state index is 12.5. The van der Waals surface area contributed by atoms with Crippen molar-refractivity contribution in [3.8, 4) is 6.07 Å². The number of aromatic nitrogens is 2. The van der Waals surface area contributed by atoms with Crippen LogP contribution in [0.1, 0.15) is 36.1 Å². The standard InChI is InChI=1S/C21H24N4O3/c1-14(13-26)16-4-2-15(3-5-16)8-19(27)9-17-11-25(12-20(17)28)21-7-6-18(10-22)23-24-21/h2-7,14,17,20,26,28H,8-9,11-13H2,1H3/t14?,17?,20-/m1/s1. The average molecular weight is 380 g/mol. The quantitative estimate of drug-likeness (QED) is 0.748. The number of carbonyl (C=O) groups is 1. The van der Waals surface area contributed by atoms with Crippen molar-refractivity contribution < 1.29 is 15.0 Å². The number of hydrogen-bond acceptors (Lipinski definition) is 7. The molecule has 0 radical (unpaired) electrons. The Balaban J connectivity index is 1.55. The first-order chi connectivity index (χ1) is 13.5. The van der Waals surface area contributed by atoms with Crippen molar-refractivity contribution in [3.05, 3.63) is 53.2 Å². The molecule has 1 saturated heterocycles. The van der Waals surface area contributed by atoms with Gasteiger partial charge in [0.15, 0.2) is 11.5 Å². The molecule has 0 aliphatic carbocycles. The highest BCUT2D eigenvalue weighted by molar-refractivity contribution is 5.81. The summed E-state index contributed by atoms with van der Waals surface area (Å²) in [6.07, 6.45) is 0.0262. The average Bonchev–Trinajstić information content (AvgIpc) is 3.08. The number of anilines is 1. The van der Waals surface area contributed by atoms with E-state index in [1.54, 1.807) is 12.1 Å². The van der Waals surface area contributed by atoms with Crippen molar-refractivity contribution in [2.75, 3.05) is 24.6 Å². The number of benzene rings is 1. The third-order valence-corrected chi connectivity index (χ3v) is 5.21. The lowest BCUT2D eigenvalue weighted by Crippen LogP contribution is -2.22. The van der Waals surface area contributed by atoms with Crippen molar-refractivity contribution in [1.82, 2.24) is 10.2 Å². The van der Waals surface area contributed by atoms with Gasteiger partial charge in [-0.25, -0.2) is 0 Å². The normalized spacial score (nSPS) is 20.0. The van der Waals surface area contributed by atoms with E-state index in [9.17, 15) is 15.0 Å². The summed E-state index contributed by atoms with van der Waals surface area (Å²) in [5.41, 5.74) is 2.22. The number of Topliss-reactive ketones (excluding diaryl/α,β-unsaturated/α-hetero) is 1. The Morgan fingerprint density at radius 3 is 2.61 bits per heavy atom. The monoisotopic (exact) mass is 380 g/mol. The second-order valence-corrected chi connectivity index (χ2v) is 7.37. The van der Waals surface area contributed by atoms with Crippen LogP contribution in [0, 0.1) is 17.2 Å². The lowest BCUT2D eigenvalue weighted by molar-refractivity contribution is -0.119. The number of aliphatic hydroxyl groups excluding tert-OH is 2. The molecule has 1 aliphatic rings. The fourth-order valence-electron chi connectivity index (χ4n) is 3.46. The number of carbonyl (C=O) groups excluding carboxylic acids is 1. The van der Waals surface area contributed by atoms with Crippen LogP contribution < -0.4 is 4.90 Å². The molecule has 3 atom stereocenters. The van der Waals surface area contributed by atoms with E-state index in [4.69, 9.17) is 5.26 Å². The van der Waals surface area contributed by atoms with Crippen molar-refractivity contribution in [3.63, 3.8) is 0 Å². The Morgan fingerprint density at radius 2 is 2.00 bits per heavy atom. The molecule has 2 heterocycles. The van der Waals surface area contributed by atoms with Crippen molar-refractivity contribution in [1.29, 1.82) is 5.26 Å². The second kappa shape index (κ2) is 8.91. The summed E-state index contributed by atoms with van der Waals surface area (Å²) in [4.78, 5) is 14.4. The summed E-state index contributed by atoms with van der Waals surface area (Å²) in [5.74, 6) is 0.606. The first kappa shape index (κ1) is 19.9. The van der Waals surface area contributed by atoms with Crippen molar-refractivity contribution in [2.45, 2.75) is 31.8 Å². The lowest BCUT2D eigenvalue weighted by Gasteiger charge is -2.16. The number of ketones is 1. The number of nitriles is 1. The molecule has 146 valence electrons. The number of rotatable bonds is 7. The Hall–Kier alpha value is -2.82. The van der Waals surface area contributed by atoms with Crippen LogP contribution in [0.25, 0.3) is 0 Å². The van der Waals surface area contributed by atoms with E-state index < -0.39 is 6.10 Å². The molecule has 28 heavy (non-hydrogen) atoms. The topological polar surface area (TPSA) is 110 Å². The molecule has 0 bridgehead atoms. The third kappa shape index (κ3) is 4.71. The number of nitrogens with zero attached hydrogens (tertiary/aromatic N) is 4. The molecule has 1 aromatic heterocycles. The molecule has 2 N–H and O–H groups in total. The Bertz CT molecular complexity index is 845. The van der Waals surface area contributed by atoms with E-state index in [2.05, 4.69) is 10.2 Å². The zero-order valence-corrected chi connectivity index (χ0v) is 15.8. The molecule has 1 aliphatic heterocycles. The van der Waals surface area contributed by atoms with Gasteiger partial charge in [0.1, 0.15) is 11.9 Å². The SMILES string of the molecule is CC(CO)c1ccc(CC(=O)CC2CN(c3ccc(C#N)nn3)C[C@H]2O)cc1. The predicted molar refractivity (Wildman–Crippen MR) is 104 cm³/mol. The van der Waals surface area contributed by atoms with E-state index in [0.29, 0.717) is 31.7 Å². The Morgan fingerprint density at radius 1 is 1.25 bits per heavy atom. The van der Waals surface area contributed by atoms with Gasteiger partial charge < -0.3 is 15.1 Å². The van der Waals surface area contributed by atoms with Gasteiger partial charge in [-0.3, -0.25) is 4.79 Å². The number of aliphatic hydroxyl groups is 2. The van der Waals surface area contributed by atoms with E-state index in [0.717, 1.165) is 11.1 Å². The molecule has 7 nitrogen and oxygen atoms in total. The minimum absolute atomic E-state index is 0.0784. The zero-order valence-electron chi connectivity index (χ0n) is 15.8. The van der Waals surface area contributed by atoms with E-state index in [-0.39, 0.29) is 29.9 Å². The molecule has 0 saturated carbocycles. The van der Waals surface area contributed by atoms with Gasteiger partial charge in [-0.1, -0.05) is 31.2 Å². The van der Waals surface area contributed by atoms with Gasteiger partial charge in [0.25, 0.3) is 0 Å². The molecule has 0 amide bonds. The Labute approximate surface area is 164 Å². The second-order valence-electron chi connectivity index (χ2n) is 7.37. The molecule has 2 unspecified atom stereocenters. The summed E-state index contributed by atoms with van der Waals surface area (Å²) >= 11 is 0. The summed E-state index contributed by atoms with van der Waals surface area (Å²) in [6.45, 7) is 2.97. The molecule has 7 heteroatoms. The van der Waals surface area contributed by atoms with Gasteiger partial charge in [-0.05, 0) is 23.3 Å². The molecule has 3 rings (SSSR count). The molecule has 0 spiro atoms. The molecule has 2 aromatic rings. The highest BCUT2D eigenvalue weighted by atomic mass is 16.3. The van der Waals surface area contributed by atoms with Gasteiger partial charge in [0, 0.05) is 44.4 Å². The minimum Gasteiger partial charge on any atom is -0.396 e. The molecule has 1 aromatic carbocycles. The fraction of sp³-hybridized carbons (Fsp3) is 0.429. The van der Waals surface area contributed by atoms with Crippen LogP contribution in [0.2, 0.25) is 0 Å². The third-order valence-electron chi connectivity index (χ3n) is 5.21. The summed E-state index contributed by atoms with van der Waals surface area (Å²) < 4.78 is 0. The van der Waals surface area contributed by atoms with E-state index in [1.165, 1.54) is 0 Å². The molecular weight excluding hydrogens is 356 g/mol.